The van der Waals surface area contributed by atoms with E-state index in [0.29, 0.717) is 15.6 Å². The standard InChI is InChI=1S/C8H3Cl2N2/c9-6-3-1-2-5-4-11-12-8(10)7(5)6/h1-3H. The van der Waals surface area contributed by atoms with E-state index >= 15 is 0 Å². The van der Waals surface area contributed by atoms with Gasteiger partial charge in [0.05, 0.1) is 5.02 Å². The molecule has 0 amide bonds. The number of fused-ring (bicyclic) bond motifs is 1. The average molecular weight is 198 g/mol. The fourth-order valence-electron chi connectivity index (χ4n) is 1.000. The van der Waals surface area contributed by atoms with E-state index in [4.69, 9.17) is 23.2 Å². The van der Waals surface area contributed by atoms with E-state index in [1.165, 1.54) is 0 Å². The molecule has 4 heteroatoms. The predicted molar refractivity (Wildman–Crippen MR) is 48.4 cm³/mol. The zero-order valence-corrected chi connectivity index (χ0v) is 7.39. The van der Waals surface area contributed by atoms with Gasteiger partial charge in [0.2, 0.25) is 0 Å². The Morgan fingerprint density at radius 3 is 2.83 bits per heavy atom. The van der Waals surface area contributed by atoms with E-state index in [2.05, 4.69) is 16.4 Å². The molecule has 2 aromatic rings. The smallest absolute Gasteiger partial charge is 0.147 e. The Labute approximate surface area is 79.1 Å². The first-order valence-corrected chi connectivity index (χ1v) is 4.03. The molecule has 0 spiro atoms. The van der Waals surface area contributed by atoms with Crippen LogP contribution in [0, 0.1) is 6.20 Å². The summed E-state index contributed by atoms with van der Waals surface area (Å²) in [5, 5.41) is 9.60. The third-order valence-corrected chi connectivity index (χ3v) is 2.11. The minimum absolute atomic E-state index is 0.314. The zero-order chi connectivity index (χ0) is 8.55. The number of nitrogens with zero attached hydrogens (tertiary/aromatic N) is 2. The minimum atomic E-state index is 0.314. The highest BCUT2D eigenvalue weighted by Crippen LogP contribution is 2.26. The summed E-state index contributed by atoms with van der Waals surface area (Å²) in [6.45, 7) is 0. The number of hydrogen-bond acceptors (Lipinski definition) is 2. The van der Waals surface area contributed by atoms with Gasteiger partial charge < -0.3 is 0 Å². The molecule has 59 valence electrons. The van der Waals surface area contributed by atoms with Gasteiger partial charge >= 0.3 is 0 Å². The summed E-state index contributed by atoms with van der Waals surface area (Å²) < 4.78 is 0. The third-order valence-electron chi connectivity index (χ3n) is 1.53. The van der Waals surface area contributed by atoms with Gasteiger partial charge in [-0.1, -0.05) is 35.3 Å². The molecule has 1 aromatic heterocycles. The van der Waals surface area contributed by atoms with Gasteiger partial charge in [0, 0.05) is 10.8 Å². The summed E-state index contributed by atoms with van der Waals surface area (Å²) in [6, 6.07) is 5.41. The van der Waals surface area contributed by atoms with Crippen molar-refractivity contribution in [3.8, 4) is 0 Å². The van der Waals surface area contributed by atoms with Crippen molar-refractivity contribution >= 4 is 34.0 Å². The fraction of sp³-hybridized carbons (Fsp3) is 0. The lowest BCUT2D eigenvalue weighted by Crippen LogP contribution is -1.84. The second kappa shape index (κ2) is 2.88. The molecule has 1 aromatic carbocycles. The molecule has 1 radical (unpaired) electrons. The number of hydrogen-bond donors (Lipinski definition) is 0. The maximum absolute atomic E-state index is 5.89. The second-order valence-electron chi connectivity index (χ2n) is 2.27. The largest absolute Gasteiger partial charge is 0.161 e. The third kappa shape index (κ3) is 1.13. The van der Waals surface area contributed by atoms with Gasteiger partial charge in [-0.15, -0.1) is 10.2 Å². The van der Waals surface area contributed by atoms with Crippen molar-refractivity contribution in [2.75, 3.05) is 0 Å². The van der Waals surface area contributed by atoms with Crippen LogP contribution in [0.3, 0.4) is 0 Å². The topological polar surface area (TPSA) is 25.8 Å². The van der Waals surface area contributed by atoms with Gasteiger partial charge in [-0.2, -0.15) is 0 Å². The number of rotatable bonds is 0. The quantitative estimate of drug-likeness (QED) is 0.650. The van der Waals surface area contributed by atoms with Gasteiger partial charge in [0.25, 0.3) is 0 Å². The van der Waals surface area contributed by atoms with Crippen LogP contribution in [0.5, 0.6) is 0 Å². The highest BCUT2D eigenvalue weighted by Gasteiger charge is 2.03. The molecule has 1 heterocycles. The number of halogens is 2. The summed E-state index contributed by atoms with van der Waals surface area (Å²) in [5.41, 5.74) is 0. The SMILES string of the molecule is Clc1cccc2[c]nnc(Cl)c12. The maximum atomic E-state index is 5.89. The average Bonchev–Trinajstić information content (AvgIpc) is 2.04. The first-order valence-electron chi connectivity index (χ1n) is 3.27. The van der Waals surface area contributed by atoms with Crippen LogP contribution in [0.15, 0.2) is 18.2 Å². The van der Waals surface area contributed by atoms with Crippen LogP contribution in [0.4, 0.5) is 0 Å². The van der Waals surface area contributed by atoms with E-state index in [0.717, 1.165) is 5.39 Å². The van der Waals surface area contributed by atoms with Crippen molar-refractivity contribution in [3.05, 3.63) is 34.6 Å². The highest BCUT2D eigenvalue weighted by molar-refractivity contribution is 6.41. The lowest BCUT2D eigenvalue weighted by molar-refractivity contribution is 1.04. The van der Waals surface area contributed by atoms with Crippen LogP contribution in [0.25, 0.3) is 10.8 Å². The Bertz CT molecular complexity index is 392. The Kier molecular flexibility index (Phi) is 1.87. The Morgan fingerprint density at radius 2 is 2.08 bits per heavy atom. The molecule has 0 aliphatic heterocycles. The lowest BCUT2D eigenvalue weighted by atomic mass is 10.2. The van der Waals surface area contributed by atoms with Crippen molar-refractivity contribution in [3.63, 3.8) is 0 Å². The van der Waals surface area contributed by atoms with Gasteiger partial charge in [0.15, 0.2) is 5.15 Å². The van der Waals surface area contributed by atoms with Crippen LogP contribution < -0.4 is 0 Å². The van der Waals surface area contributed by atoms with Crippen molar-refractivity contribution in [2.45, 2.75) is 0 Å². The maximum Gasteiger partial charge on any atom is 0.161 e. The summed E-state index contributed by atoms with van der Waals surface area (Å²) in [6.07, 6.45) is 2.70. The molecule has 0 unspecified atom stereocenters. The molecule has 0 bridgehead atoms. The Hall–Kier alpha value is -0.860. The molecule has 0 atom stereocenters. The van der Waals surface area contributed by atoms with Crippen molar-refractivity contribution in [1.82, 2.24) is 10.2 Å². The lowest BCUT2D eigenvalue weighted by Gasteiger charge is -1.98. The van der Waals surface area contributed by atoms with Crippen LogP contribution in [-0.2, 0) is 0 Å². The van der Waals surface area contributed by atoms with Crippen molar-refractivity contribution in [1.29, 1.82) is 0 Å². The first kappa shape index (κ1) is 7.77. The first-order chi connectivity index (χ1) is 5.79. The van der Waals surface area contributed by atoms with Gasteiger partial charge in [-0.3, -0.25) is 0 Å². The van der Waals surface area contributed by atoms with E-state index in [9.17, 15) is 0 Å². The van der Waals surface area contributed by atoms with E-state index in [1.54, 1.807) is 6.07 Å². The van der Waals surface area contributed by atoms with Crippen LogP contribution >= 0.6 is 23.2 Å². The number of benzene rings is 1. The monoisotopic (exact) mass is 197 g/mol. The number of aromatic nitrogens is 2. The molecule has 2 rings (SSSR count). The molecule has 0 N–H and O–H groups in total. The van der Waals surface area contributed by atoms with E-state index in [-0.39, 0.29) is 0 Å². The summed E-state index contributed by atoms with van der Waals surface area (Å²) in [5.74, 6) is 0. The molecular weight excluding hydrogens is 195 g/mol. The molecule has 0 aliphatic carbocycles. The highest BCUT2D eigenvalue weighted by atomic mass is 35.5. The van der Waals surface area contributed by atoms with Crippen LogP contribution in [-0.4, -0.2) is 10.2 Å². The Morgan fingerprint density at radius 1 is 1.25 bits per heavy atom. The van der Waals surface area contributed by atoms with Crippen molar-refractivity contribution < 1.29 is 0 Å². The van der Waals surface area contributed by atoms with Crippen LogP contribution in [0.1, 0.15) is 0 Å². The van der Waals surface area contributed by atoms with Gasteiger partial charge in [-0.05, 0) is 6.07 Å². The summed E-state index contributed by atoms with van der Waals surface area (Å²) in [4.78, 5) is 0. The molecule has 12 heavy (non-hydrogen) atoms. The predicted octanol–water partition coefficient (Wildman–Crippen LogP) is 2.74. The van der Waals surface area contributed by atoms with Crippen molar-refractivity contribution in [2.24, 2.45) is 0 Å². The summed E-state index contributed by atoms with van der Waals surface area (Å²) in [7, 11) is 0. The molecule has 0 saturated heterocycles. The molecule has 0 aliphatic rings. The zero-order valence-electron chi connectivity index (χ0n) is 5.88. The molecule has 0 saturated carbocycles. The molecule has 0 fully saturated rings. The Balaban J connectivity index is 2.96. The minimum Gasteiger partial charge on any atom is -0.147 e. The fourth-order valence-corrected chi connectivity index (χ4v) is 1.55. The van der Waals surface area contributed by atoms with E-state index < -0.39 is 0 Å². The molecular formula is C8H3Cl2N2. The van der Waals surface area contributed by atoms with Gasteiger partial charge in [-0.25, -0.2) is 0 Å². The molecule has 2 nitrogen and oxygen atoms in total. The summed E-state index contributed by atoms with van der Waals surface area (Å²) >= 11 is 11.7. The van der Waals surface area contributed by atoms with Gasteiger partial charge in [0.1, 0.15) is 6.20 Å². The van der Waals surface area contributed by atoms with Crippen LogP contribution in [0.2, 0.25) is 10.2 Å². The second-order valence-corrected chi connectivity index (χ2v) is 3.03. The normalized spacial score (nSPS) is 10.5. The van der Waals surface area contributed by atoms with E-state index in [1.807, 2.05) is 12.1 Å².